The molecule has 0 unspecified atom stereocenters. The van der Waals surface area contributed by atoms with E-state index in [4.69, 9.17) is 45.7 Å². The van der Waals surface area contributed by atoms with Gasteiger partial charge in [0.25, 0.3) is 9.92 Å². The van der Waals surface area contributed by atoms with Gasteiger partial charge in [0, 0.05) is 0 Å². The lowest BCUT2D eigenvalue weighted by atomic mass is 10.7. The van der Waals surface area contributed by atoms with Gasteiger partial charge in [-0.2, -0.15) is 0 Å². The Kier molecular flexibility index (Phi) is 4.70. The van der Waals surface area contributed by atoms with Crippen LogP contribution in [0.5, 0.6) is 0 Å². The Balaban J connectivity index is 4.62. The zero-order chi connectivity index (χ0) is 9.99. The van der Waals surface area contributed by atoms with Crippen LogP contribution in [0.2, 0.25) is 0 Å². The van der Waals surface area contributed by atoms with Gasteiger partial charge < -0.3 is 4.74 Å². The van der Waals surface area contributed by atoms with Crippen LogP contribution in [-0.2, 0) is 14.1 Å². The van der Waals surface area contributed by atoms with E-state index in [0.29, 0.717) is 0 Å². The summed E-state index contributed by atoms with van der Waals surface area (Å²) in [4.78, 5) is 10.9. The molecule has 8 heteroatoms. The van der Waals surface area contributed by atoms with Gasteiger partial charge in [0.05, 0.1) is 6.61 Å². The molecule has 0 aromatic carbocycles. The predicted molar refractivity (Wildman–Crippen MR) is 50.4 cm³/mol. The molecule has 0 radical (unpaired) electrons. The lowest BCUT2D eigenvalue weighted by Crippen LogP contribution is -2.25. The Morgan fingerprint density at radius 2 is 1.92 bits per heavy atom. The van der Waals surface area contributed by atoms with Gasteiger partial charge >= 0.3 is 5.97 Å². The second kappa shape index (κ2) is 4.39. The molecule has 0 saturated carbocycles. The molecule has 0 N–H and O–H groups in total. The van der Waals surface area contributed by atoms with Crippen molar-refractivity contribution in [2.45, 2.75) is 11.0 Å². The lowest BCUT2D eigenvalue weighted by Gasteiger charge is -2.17. The maximum absolute atomic E-state index is 10.9. The topological polar surface area (TPSA) is 43.4 Å². The fraction of sp³-hybridized carbons (Fsp3) is 0.750. The number of esters is 1. The first kappa shape index (κ1) is 12.9. The minimum absolute atomic E-state index is 0.0494. The van der Waals surface area contributed by atoms with Crippen LogP contribution < -0.4 is 0 Å². The highest BCUT2D eigenvalue weighted by atomic mass is 35.9. The molecule has 0 aliphatic heterocycles. The first-order valence-corrected chi connectivity index (χ1v) is 7.05. The highest BCUT2D eigenvalue weighted by Gasteiger charge is 2.51. The van der Waals surface area contributed by atoms with Crippen LogP contribution in [0, 0.1) is 0 Å². The standard InChI is InChI=1S/C4H5Cl4O3P/c1-2-11-3(9)4(5,6)12(7,8)10/h2H2,1H3. The summed E-state index contributed by atoms with van der Waals surface area (Å²) in [5.41, 5.74) is 0. The van der Waals surface area contributed by atoms with E-state index in [1.54, 1.807) is 0 Å². The molecule has 0 aliphatic carbocycles. The van der Waals surface area contributed by atoms with Gasteiger partial charge in [-0.25, -0.2) is 4.79 Å². The van der Waals surface area contributed by atoms with Crippen molar-refractivity contribution in [3.63, 3.8) is 0 Å². The summed E-state index contributed by atoms with van der Waals surface area (Å²) >= 11 is 20.8. The maximum Gasteiger partial charge on any atom is 0.353 e. The van der Waals surface area contributed by atoms with E-state index in [1.807, 2.05) is 0 Å². The van der Waals surface area contributed by atoms with E-state index in [1.165, 1.54) is 6.92 Å². The summed E-state index contributed by atoms with van der Waals surface area (Å²) in [5.74, 6) is -5.06. The molecule has 0 atom stereocenters. The average Bonchev–Trinajstić information content (AvgIpc) is 1.85. The largest absolute Gasteiger partial charge is 0.463 e. The molecule has 0 amide bonds. The van der Waals surface area contributed by atoms with Gasteiger partial charge in [-0.1, -0.05) is 23.2 Å². The third-order valence-electron chi connectivity index (χ3n) is 0.848. The first-order chi connectivity index (χ1) is 5.23. The van der Waals surface area contributed by atoms with Crippen LogP contribution in [0.4, 0.5) is 0 Å². The van der Waals surface area contributed by atoms with Gasteiger partial charge in [-0.3, -0.25) is 4.57 Å². The molecule has 0 spiro atoms. The Morgan fingerprint density at radius 1 is 1.50 bits per heavy atom. The molecule has 0 aromatic rings. The summed E-state index contributed by atoms with van der Waals surface area (Å²) in [7, 11) is 0. The van der Waals surface area contributed by atoms with E-state index in [9.17, 15) is 9.36 Å². The molecule has 0 heterocycles. The normalized spacial score (nSPS) is 12.8. The van der Waals surface area contributed by atoms with Crippen LogP contribution in [0.25, 0.3) is 0 Å². The van der Waals surface area contributed by atoms with E-state index < -0.39 is 15.9 Å². The number of halogens is 4. The zero-order valence-corrected chi connectivity index (χ0v) is 9.81. The molecule has 0 bridgehead atoms. The van der Waals surface area contributed by atoms with Gasteiger partial charge in [0.15, 0.2) is 0 Å². The number of carbonyl (C=O) groups excluding carboxylic acids is 1. The number of ether oxygens (including phenoxy) is 1. The van der Waals surface area contributed by atoms with Crippen LogP contribution in [-0.4, -0.2) is 16.7 Å². The minimum atomic E-state index is -3.95. The van der Waals surface area contributed by atoms with Crippen molar-refractivity contribution in [2.24, 2.45) is 0 Å². The van der Waals surface area contributed by atoms with Gasteiger partial charge in [-0.15, -0.1) is 0 Å². The summed E-state index contributed by atoms with van der Waals surface area (Å²) in [6.07, 6.45) is 0. The molecule has 0 rings (SSSR count). The number of rotatable bonds is 3. The summed E-state index contributed by atoms with van der Waals surface area (Å²) in [6.45, 7) is 1.59. The van der Waals surface area contributed by atoms with Crippen molar-refractivity contribution in [3.05, 3.63) is 0 Å². The molecule has 0 aromatic heterocycles. The van der Waals surface area contributed by atoms with Crippen molar-refractivity contribution in [1.29, 1.82) is 0 Å². The highest BCUT2D eigenvalue weighted by molar-refractivity contribution is 8.11. The first-order valence-electron chi connectivity index (χ1n) is 2.78. The molecule has 12 heavy (non-hydrogen) atoms. The van der Waals surface area contributed by atoms with Gasteiger partial charge in [0.1, 0.15) is 0 Å². The lowest BCUT2D eigenvalue weighted by molar-refractivity contribution is -0.141. The smallest absolute Gasteiger partial charge is 0.353 e. The number of carbonyl (C=O) groups is 1. The molecular weight excluding hydrogens is 269 g/mol. The van der Waals surface area contributed by atoms with Crippen molar-refractivity contribution < 1.29 is 14.1 Å². The number of alkyl halides is 2. The number of hydrogen-bond donors (Lipinski definition) is 0. The molecule has 3 nitrogen and oxygen atoms in total. The SMILES string of the molecule is CCOC(=O)C(Cl)(Cl)P(=O)(Cl)Cl. The quantitative estimate of drug-likeness (QED) is 0.450. The van der Waals surface area contributed by atoms with Gasteiger partial charge in [-0.05, 0) is 29.4 Å². The van der Waals surface area contributed by atoms with Crippen LogP contribution in [0.1, 0.15) is 6.92 Å². The van der Waals surface area contributed by atoms with Crippen LogP contribution >= 0.6 is 51.5 Å². The summed E-state index contributed by atoms with van der Waals surface area (Å²) in [5, 5.41) is 0. The number of hydrogen-bond acceptors (Lipinski definition) is 3. The highest BCUT2D eigenvalue weighted by Crippen LogP contribution is 2.71. The van der Waals surface area contributed by atoms with Crippen LogP contribution in [0.15, 0.2) is 0 Å². The Morgan fingerprint density at radius 3 is 2.17 bits per heavy atom. The molecule has 72 valence electrons. The van der Waals surface area contributed by atoms with Crippen molar-refractivity contribution >= 4 is 57.5 Å². The third kappa shape index (κ3) is 2.97. The fourth-order valence-corrected chi connectivity index (χ4v) is 1.12. The van der Waals surface area contributed by atoms with E-state index >= 15 is 0 Å². The Labute approximate surface area is 89.2 Å². The van der Waals surface area contributed by atoms with Crippen molar-refractivity contribution in [2.75, 3.05) is 6.61 Å². The Hall–Kier alpha value is 0.860. The van der Waals surface area contributed by atoms with E-state index in [2.05, 4.69) is 4.74 Å². The molecular formula is C4H5Cl4O3P. The fourth-order valence-electron chi connectivity index (χ4n) is 0.324. The summed E-state index contributed by atoms with van der Waals surface area (Å²) < 4.78 is 12.9. The third-order valence-corrected chi connectivity index (χ3v) is 5.98. The molecule has 0 saturated heterocycles. The second-order valence-electron chi connectivity index (χ2n) is 1.72. The van der Waals surface area contributed by atoms with E-state index in [0.717, 1.165) is 0 Å². The predicted octanol–water partition coefficient (Wildman–Crippen LogP) is 3.35. The average molecular weight is 274 g/mol. The summed E-state index contributed by atoms with van der Waals surface area (Å²) in [6, 6.07) is 0. The second-order valence-corrected chi connectivity index (χ2v) is 8.55. The van der Waals surface area contributed by atoms with Crippen molar-refractivity contribution in [1.82, 2.24) is 0 Å². The van der Waals surface area contributed by atoms with E-state index in [-0.39, 0.29) is 6.61 Å². The maximum atomic E-state index is 10.9. The van der Waals surface area contributed by atoms with Gasteiger partial charge in [0.2, 0.25) is 0 Å². The van der Waals surface area contributed by atoms with Crippen molar-refractivity contribution in [3.8, 4) is 0 Å². The van der Waals surface area contributed by atoms with Crippen LogP contribution in [0.3, 0.4) is 0 Å². The minimum Gasteiger partial charge on any atom is -0.463 e. The molecule has 0 fully saturated rings. The molecule has 0 aliphatic rings. The zero-order valence-electron chi connectivity index (χ0n) is 5.89. The Bertz CT molecular complexity index is 222. The monoisotopic (exact) mass is 272 g/mol.